The normalized spacial score (nSPS) is 10.9. The summed E-state index contributed by atoms with van der Waals surface area (Å²) in [4.78, 5) is 10.5. The van der Waals surface area contributed by atoms with Gasteiger partial charge in [0.2, 0.25) is 0 Å². The molecule has 3 nitrogen and oxygen atoms in total. The van der Waals surface area contributed by atoms with Crippen LogP contribution in [-0.2, 0) is 6.54 Å². The minimum Gasteiger partial charge on any atom is -0.298 e. The molecule has 0 fully saturated rings. The molecule has 0 radical (unpaired) electrons. The maximum atomic E-state index is 10.5. The van der Waals surface area contributed by atoms with Gasteiger partial charge in [0.05, 0.1) is 18.3 Å². The minimum atomic E-state index is 0.501. The molecule has 0 unspecified atom stereocenters. The fourth-order valence-electron chi connectivity index (χ4n) is 0.998. The SMILES string of the molecule is Cc1c(C=O)cnn1CC=CCCl. The van der Waals surface area contributed by atoms with Crippen LogP contribution in [0.3, 0.4) is 0 Å². The number of carbonyl (C=O) groups excluding carboxylic acids is 1. The van der Waals surface area contributed by atoms with Crippen molar-refractivity contribution in [2.24, 2.45) is 0 Å². The molecule has 1 aromatic rings. The Labute approximate surface area is 82.0 Å². The molecule has 0 amide bonds. The lowest BCUT2D eigenvalue weighted by Crippen LogP contribution is -2.00. The fraction of sp³-hybridized carbons (Fsp3) is 0.333. The van der Waals surface area contributed by atoms with Crippen LogP contribution < -0.4 is 0 Å². The number of aromatic nitrogens is 2. The number of allylic oxidation sites excluding steroid dienone is 2. The van der Waals surface area contributed by atoms with Crippen molar-refractivity contribution in [1.82, 2.24) is 9.78 Å². The van der Waals surface area contributed by atoms with Crippen LogP contribution in [0.1, 0.15) is 16.1 Å². The van der Waals surface area contributed by atoms with Gasteiger partial charge in [-0.05, 0) is 6.92 Å². The van der Waals surface area contributed by atoms with Crippen LogP contribution in [0.2, 0.25) is 0 Å². The molecule has 0 bridgehead atoms. The molecule has 0 aliphatic rings. The first-order valence-corrected chi connectivity index (χ1v) is 4.51. The van der Waals surface area contributed by atoms with E-state index in [9.17, 15) is 4.79 Å². The highest BCUT2D eigenvalue weighted by molar-refractivity contribution is 6.18. The van der Waals surface area contributed by atoms with Crippen LogP contribution in [0, 0.1) is 6.92 Å². The number of rotatable bonds is 4. The van der Waals surface area contributed by atoms with Gasteiger partial charge in [0.15, 0.2) is 6.29 Å². The molecule has 0 aliphatic carbocycles. The largest absolute Gasteiger partial charge is 0.298 e. The monoisotopic (exact) mass is 198 g/mol. The number of hydrogen-bond acceptors (Lipinski definition) is 2. The smallest absolute Gasteiger partial charge is 0.153 e. The first-order chi connectivity index (χ1) is 6.29. The maximum absolute atomic E-state index is 10.5. The summed E-state index contributed by atoms with van der Waals surface area (Å²) in [5, 5.41) is 4.05. The molecule has 0 N–H and O–H groups in total. The van der Waals surface area contributed by atoms with E-state index in [1.54, 1.807) is 10.9 Å². The summed E-state index contributed by atoms with van der Waals surface area (Å²) in [6.07, 6.45) is 6.14. The van der Waals surface area contributed by atoms with E-state index in [-0.39, 0.29) is 0 Å². The zero-order valence-electron chi connectivity index (χ0n) is 7.40. The van der Waals surface area contributed by atoms with Crippen molar-refractivity contribution in [2.75, 3.05) is 5.88 Å². The van der Waals surface area contributed by atoms with Gasteiger partial charge in [-0.2, -0.15) is 5.10 Å². The lowest BCUT2D eigenvalue weighted by atomic mass is 10.3. The van der Waals surface area contributed by atoms with E-state index in [4.69, 9.17) is 11.6 Å². The highest BCUT2D eigenvalue weighted by atomic mass is 35.5. The van der Waals surface area contributed by atoms with E-state index in [0.717, 1.165) is 12.0 Å². The zero-order valence-corrected chi connectivity index (χ0v) is 8.16. The van der Waals surface area contributed by atoms with Gasteiger partial charge >= 0.3 is 0 Å². The van der Waals surface area contributed by atoms with Crippen LogP contribution in [0.25, 0.3) is 0 Å². The standard InChI is InChI=1S/C9H11ClN2O/c1-8-9(7-13)6-11-12(8)5-3-2-4-10/h2-3,6-7H,4-5H2,1H3. The quantitative estimate of drug-likeness (QED) is 0.420. The van der Waals surface area contributed by atoms with E-state index in [1.165, 1.54) is 0 Å². The van der Waals surface area contributed by atoms with Crippen molar-refractivity contribution in [1.29, 1.82) is 0 Å². The second kappa shape index (κ2) is 4.82. The van der Waals surface area contributed by atoms with E-state index >= 15 is 0 Å². The van der Waals surface area contributed by atoms with Gasteiger partial charge in [-0.1, -0.05) is 12.2 Å². The molecule has 0 spiro atoms. The molecule has 70 valence electrons. The van der Waals surface area contributed by atoms with Gasteiger partial charge in [0, 0.05) is 11.6 Å². The van der Waals surface area contributed by atoms with E-state index < -0.39 is 0 Å². The molecule has 0 saturated carbocycles. The third kappa shape index (κ3) is 2.42. The predicted molar refractivity (Wildman–Crippen MR) is 52.2 cm³/mol. The first-order valence-electron chi connectivity index (χ1n) is 3.98. The fourth-order valence-corrected chi connectivity index (χ4v) is 1.12. The Morgan fingerprint density at radius 2 is 2.38 bits per heavy atom. The van der Waals surface area contributed by atoms with Gasteiger partial charge in [0.25, 0.3) is 0 Å². The van der Waals surface area contributed by atoms with E-state index in [2.05, 4.69) is 5.10 Å². The third-order valence-electron chi connectivity index (χ3n) is 1.80. The highest BCUT2D eigenvalue weighted by Gasteiger charge is 2.02. The van der Waals surface area contributed by atoms with Gasteiger partial charge in [-0.3, -0.25) is 9.48 Å². The van der Waals surface area contributed by atoms with Crippen LogP contribution in [0.15, 0.2) is 18.3 Å². The van der Waals surface area contributed by atoms with Crippen molar-refractivity contribution in [2.45, 2.75) is 13.5 Å². The van der Waals surface area contributed by atoms with E-state index in [0.29, 0.717) is 18.0 Å². The highest BCUT2D eigenvalue weighted by Crippen LogP contribution is 2.03. The lowest BCUT2D eigenvalue weighted by molar-refractivity contribution is 0.112. The lowest BCUT2D eigenvalue weighted by Gasteiger charge is -1.98. The van der Waals surface area contributed by atoms with Gasteiger partial charge < -0.3 is 0 Å². The van der Waals surface area contributed by atoms with Crippen molar-refractivity contribution in [3.63, 3.8) is 0 Å². The molecule has 0 aliphatic heterocycles. The first kappa shape index (κ1) is 9.99. The topological polar surface area (TPSA) is 34.9 Å². The number of halogens is 1. The Morgan fingerprint density at radius 1 is 1.62 bits per heavy atom. The maximum Gasteiger partial charge on any atom is 0.153 e. The number of nitrogens with zero attached hydrogens (tertiary/aromatic N) is 2. The second-order valence-electron chi connectivity index (χ2n) is 2.61. The Bertz CT molecular complexity index is 317. The van der Waals surface area contributed by atoms with Crippen molar-refractivity contribution in [3.8, 4) is 0 Å². The van der Waals surface area contributed by atoms with Gasteiger partial charge in [-0.25, -0.2) is 0 Å². The molecule has 1 rings (SSSR count). The molecular formula is C9H11ClN2O. The summed E-state index contributed by atoms with van der Waals surface area (Å²) in [5.41, 5.74) is 1.52. The molecule has 0 saturated heterocycles. The van der Waals surface area contributed by atoms with Gasteiger partial charge in [0.1, 0.15) is 0 Å². The third-order valence-corrected chi connectivity index (χ3v) is 1.98. The summed E-state index contributed by atoms with van der Waals surface area (Å²) in [7, 11) is 0. The van der Waals surface area contributed by atoms with Crippen molar-refractivity contribution >= 4 is 17.9 Å². The number of alkyl halides is 1. The zero-order chi connectivity index (χ0) is 9.68. The van der Waals surface area contributed by atoms with Crippen LogP contribution in [0.4, 0.5) is 0 Å². The van der Waals surface area contributed by atoms with Crippen LogP contribution in [-0.4, -0.2) is 21.9 Å². The summed E-state index contributed by atoms with van der Waals surface area (Å²) < 4.78 is 1.76. The minimum absolute atomic E-state index is 0.501. The average molecular weight is 199 g/mol. The van der Waals surface area contributed by atoms with Crippen molar-refractivity contribution < 1.29 is 4.79 Å². The summed E-state index contributed by atoms with van der Waals surface area (Å²) >= 11 is 5.47. The average Bonchev–Trinajstić information content (AvgIpc) is 2.48. The molecule has 0 atom stereocenters. The van der Waals surface area contributed by atoms with Crippen molar-refractivity contribution in [3.05, 3.63) is 29.6 Å². The molecule has 4 heteroatoms. The van der Waals surface area contributed by atoms with Gasteiger partial charge in [-0.15, -0.1) is 11.6 Å². The summed E-state index contributed by atoms with van der Waals surface area (Å²) in [5.74, 6) is 0.501. The summed E-state index contributed by atoms with van der Waals surface area (Å²) in [6, 6.07) is 0. The van der Waals surface area contributed by atoms with Crippen LogP contribution >= 0.6 is 11.6 Å². The Hall–Kier alpha value is -1.09. The van der Waals surface area contributed by atoms with Crippen LogP contribution in [0.5, 0.6) is 0 Å². The number of carbonyl (C=O) groups is 1. The van der Waals surface area contributed by atoms with E-state index in [1.807, 2.05) is 19.1 Å². The molecular weight excluding hydrogens is 188 g/mol. The molecule has 13 heavy (non-hydrogen) atoms. The Kier molecular flexibility index (Phi) is 3.71. The Balaban J connectivity index is 2.72. The molecule has 1 aromatic heterocycles. The number of aldehydes is 1. The summed E-state index contributed by atoms with van der Waals surface area (Å²) in [6.45, 7) is 2.53. The second-order valence-corrected chi connectivity index (χ2v) is 2.92. The molecule has 0 aromatic carbocycles. The predicted octanol–water partition coefficient (Wildman–Crippen LogP) is 1.80. The molecule has 1 heterocycles. The Morgan fingerprint density at radius 3 is 2.92 bits per heavy atom. The number of hydrogen-bond donors (Lipinski definition) is 0.